The third kappa shape index (κ3) is 4.23. The first kappa shape index (κ1) is 21.2. The zero-order valence-electron chi connectivity index (χ0n) is 16.0. The molecule has 2 aromatic carbocycles. The van der Waals surface area contributed by atoms with Crippen LogP contribution in [0.25, 0.3) is 17.4 Å². The minimum Gasteiger partial charge on any atom is -0.545 e. The van der Waals surface area contributed by atoms with Crippen LogP contribution in [-0.4, -0.2) is 23.3 Å². The highest BCUT2D eigenvalue weighted by atomic mass is 35.5. The number of hydrogen-bond acceptors (Lipinski definition) is 7. The molecule has 0 radical (unpaired) electrons. The molecule has 0 spiro atoms. The van der Waals surface area contributed by atoms with E-state index < -0.39 is 5.97 Å². The highest BCUT2D eigenvalue weighted by Crippen LogP contribution is 2.37. The summed E-state index contributed by atoms with van der Waals surface area (Å²) in [4.78, 5) is 25.9. The molecule has 1 aliphatic rings. The van der Waals surface area contributed by atoms with Crippen molar-refractivity contribution in [2.45, 2.75) is 0 Å². The van der Waals surface area contributed by atoms with Crippen LogP contribution in [0.4, 0.5) is 5.69 Å². The van der Waals surface area contributed by atoms with E-state index in [9.17, 15) is 14.7 Å². The standard InChI is InChI=1S/C22H14ClNO5S2/c1-28-14-5-3-13(4-6-14)24-20(25)19(31-22(24)30)11-15-7-9-18(29-15)12-2-8-17(23)16(10-12)21(26)27/h2-11H,1H3,(H,26,27)/p-1/b19-11-. The van der Waals surface area contributed by atoms with Gasteiger partial charge in [0.25, 0.3) is 5.91 Å². The van der Waals surface area contributed by atoms with Crippen LogP contribution >= 0.6 is 35.6 Å². The second-order valence-corrected chi connectivity index (χ2v) is 8.48. The van der Waals surface area contributed by atoms with Gasteiger partial charge < -0.3 is 19.1 Å². The quantitative estimate of drug-likeness (QED) is 0.404. The monoisotopic (exact) mass is 470 g/mol. The number of benzene rings is 2. The maximum absolute atomic E-state index is 12.9. The number of furan rings is 1. The van der Waals surface area contributed by atoms with Crippen molar-refractivity contribution in [3.05, 3.63) is 75.8 Å². The van der Waals surface area contributed by atoms with Gasteiger partial charge in [0, 0.05) is 22.2 Å². The van der Waals surface area contributed by atoms with Crippen molar-refractivity contribution in [1.29, 1.82) is 0 Å². The summed E-state index contributed by atoms with van der Waals surface area (Å²) in [5, 5.41) is 11.3. The number of anilines is 1. The van der Waals surface area contributed by atoms with Crippen LogP contribution < -0.4 is 14.7 Å². The van der Waals surface area contributed by atoms with Gasteiger partial charge in [-0.05, 0) is 54.6 Å². The molecule has 156 valence electrons. The third-order valence-corrected chi connectivity index (χ3v) is 6.13. The summed E-state index contributed by atoms with van der Waals surface area (Å²) in [6.07, 6.45) is 1.60. The number of methoxy groups -OCH3 is 1. The molecule has 2 heterocycles. The fraction of sp³-hybridized carbons (Fsp3) is 0.0455. The number of nitrogens with zero attached hydrogens (tertiary/aromatic N) is 1. The fourth-order valence-electron chi connectivity index (χ4n) is 2.97. The number of thioether (sulfide) groups is 1. The van der Waals surface area contributed by atoms with Crippen LogP contribution in [0.5, 0.6) is 5.75 Å². The van der Waals surface area contributed by atoms with Crippen LogP contribution in [0.2, 0.25) is 5.02 Å². The molecule has 0 N–H and O–H groups in total. The molecule has 1 aromatic heterocycles. The van der Waals surface area contributed by atoms with Crippen molar-refractivity contribution < 1.29 is 23.8 Å². The lowest BCUT2D eigenvalue weighted by Gasteiger charge is -2.14. The van der Waals surface area contributed by atoms with E-state index >= 15 is 0 Å². The highest BCUT2D eigenvalue weighted by Gasteiger charge is 2.33. The highest BCUT2D eigenvalue weighted by molar-refractivity contribution is 8.27. The van der Waals surface area contributed by atoms with Crippen molar-refractivity contribution in [2.75, 3.05) is 12.0 Å². The summed E-state index contributed by atoms with van der Waals surface area (Å²) in [6, 6.07) is 14.9. The number of thiocarbonyl (C=S) groups is 1. The van der Waals surface area contributed by atoms with E-state index in [0.29, 0.717) is 37.7 Å². The Bertz CT molecular complexity index is 1230. The van der Waals surface area contributed by atoms with Crippen LogP contribution in [0.3, 0.4) is 0 Å². The first-order chi connectivity index (χ1) is 14.9. The zero-order chi connectivity index (χ0) is 22.1. The van der Waals surface area contributed by atoms with E-state index in [1.807, 2.05) is 0 Å². The molecule has 1 amide bonds. The predicted molar refractivity (Wildman–Crippen MR) is 122 cm³/mol. The van der Waals surface area contributed by atoms with Gasteiger partial charge in [-0.1, -0.05) is 35.6 Å². The van der Waals surface area contributed by atoms with Gasteiger partial charge in [0.2, 0.25) is 0 Å². The molecule has 0 saturated carbocycles. The van der Waals surface area contributed by atoms with E-state index in [-0.39, 0.29) is 16.5 Å². The van der Waals surface area contributed by atoms with E-state index in [2.05, 4.69) is 0 Å². The Labute approximate surface area is 192 Å². The number of carbonyl (C=O) groups is 2. The second kappa shape index (κ2) is 8.58. The van der Waals surface area contributed by atoms with Gasteiger partial charge >= 0.3 is 0 Å². The molecule has 9 heteroatoms. The van der Waals surface area contributed by atoms with Crippen LogP contribution in [0.15, 0.2) is 63.9 Å². The summed E-state index contributed by atoms with van der Waals surface area (Å²) in [7, 11) is 1.57. The van der Waals surface area contributed by atoms with Crippen molar-refractivity contribution in [2.24, 2.45) is 0 Å². The molecular formula is C22H13ClNO5S2-. The molecule has 31 heavy (non-hydrogen) atoms. The minimum atomic E-state index is -1.37. The molecule has 0 bridgehead atoms. The minimum absolute atomic E-state index is 0.0812. The molecule has 4 rings (SSSR count). The lowest BCUT2D eigenvalue weighted by atomic mass is 10.1. The Kier molecular flexibility index (Phi) is 5.86. The summed E-state index contributed by atoms with van der Waals surface area (Å²) >= 11 is 12.4. The largest absolute Gasteiger partial charge is 0.545 e. The number of rotatable bonds is 5. The maximum atomic E-state index is 12.9. The molecular weight excluding hydrogens is 458 g/mol. The Hall–Kier alpha value is -3.07. The third-order valence-electron chi connectivity index (χ3n) is 4.50. The molecule has 3 aromatic rings. The summed E-state index contributed by atoms with van der Waals surface area (Å²) in [5.74, 6) is -0.104. The number of halogens is 1. The van der Waals surface area contributed by atoms with Crippen molar-refractivity contribution in [3.63, 3.8) is 0 Å². The average molecular weight is 471 g/mol. The Morgan fingerprint density at radius 2 is 1.94 bits per heavy atom. The summed E-state index contributed by atoms with van der Waals surface area (Å²) < 4.78 is 11.3. The zero-order valence-corrected chi connectivity index (χ0v) is 18.3. The van der Waals surface area contributed by atoms with Crippen LogP contribution in [0, 0.1) is 0 Å². The normalized spacial score (nSPS) is 15.0. The van der Waals surface area contributed by atoms with Gasteiger partial charge in [-0.3, -0.25) is 9.69 Å². The fourth-order valence-corrected chi connectivity index (χ4v) is 4.45. The summed E-state index contributed by atoms with van der Waals surface area (Å²) in [5.41, 5.74) is 1.04. The molecule has 1 fully saturated rings. The molecule has 6 nitrogen and oxygen atoms in total. The summed E-state index contributed by atoms with van der Waals surface area (Å²) in [6.45, 7) is 0. The van der Waals surface area contributed by atoms with Gasteiger partial charge in [-0.25, -0.2) is 0 Å². The number of carboxylic acids is 1. The van der Waals surface area contributed by atoms with Crippen molar-refractivity contribution in [3.8, 4) is 17.1 Å². The first-order valence-electron chi connectivity index (χ1n) is 8.90. The van der Waals surface area contributed by atoms with Crippen molar-refractivity contribution >= 4 is 63.5 Å². The lowest BCUT2D eigenvalue weighted by molar-refractivity contribution is -0.255. The predicted octanol–water partition coefficient (Wildman–Crippen LogP) is 4.38. The molecule has 0 atom stereocenters. The average Bonchev–Trinajstić information content (AvgIpc) is 3.33. The van der Waals surface area contributed by atoms with Gasteiger partial charge in [-0.15, -0.1) is 0 Å². The van der Waals surface area contributed by atoms with Gasteiger partial charge in [0.05, 0.1) is 23.7 Å². The maximum Gasteiger partial charge on any atom is 0.270 e. The van der Waals surface area contributed by atoms with Crippen LogP contribution in [0.1, 0.15) is 16.1 Å². The van der Waals surface area contributed by atoms with E-state index in [4.69, 9.17) is 33.0 Å². The van der Waals surface area contributed by atoms with Gasteiger partial charge in [0.1, 0.15) is 17.3 Å². The Balaban J connectivity index is 1.59. The van der Waals surface area contributed by atoms with Crippen molar-refractivity contribution in [1.82, 2.24) is 0 Å². The Morgan fingerprint density at radius 3 is 2.61 bits per heavy atom. The number of hydrogen-bond donors (Lipinski definition) is 0. The molecule has 0 aliphatic carbocycles. The van der Waals surface area contributed by atoms with E-state index in [0.717, 1.165) is 0 Å². The second-order valence-electron chi connectivity index (χ2n) is 6.40. The van der Waals surface area contributed by atoms with E-state index in [1.165, 1.54) is 28.8 Å². The first-order valence-corrected chi connectivity index (χ1v) is 10.5. The lowest BCUT2D eigenvalue weighted by Crippen LogP contribution is -2.27. The topological polar surface area (TPSA) is 82.8 Å². The number of carboxylic acid groups (broad SMARTS) is 1. The number of amides is 1. The SMILES string of the molecule is COc1ccc(N2C(=O)/C(=C/c3ccc(-c4ccc(Cl)c(C(=O)[O-])c4)o3)SC2=S)cc1. The van der Waals surface area contributed by atoms with Gasteiger partial charge in [0.15, 0.2) is 4.32 Å². The Morgan fingerprint density at radius 1 is 1.19 bits per heavy atom. The molecule has 1 aliphatic heterocycles. The molecule has 1 saturated heterocycles. The number of aromatic carboxylic acids is 1. The number of carbonyl (C=O) groups excluding carboxylic acids is 2. The molecule has 0 unspecified atom stereocenters. The van der Waals surface area contributed by atoms with E-state index in [1.54, 1.807) is 55.7 Å². The number of ether oxygens (including phenoxy) is 1. The smallest absolute Gasteiger partial charge is 0.270 e. The van der Waals surface area contributed by atoms with Gasteiger partial charge in [-0.2, -0.15) is 0 Å². The van der Waals surface area contributed by atoms with Crippen LogP contribution in [-0.2, 0) is 4.79 Å².